The van der Waals surface area contributed by atoms with E-state index in [4.69, 9.17) is 0 Å². The van der Waals surface area contributed by atoms with Crippen molar-refractivity contribution < 1.29 is 13.2 Å². The monoisotopic (exact) mass is 382 g/mol. The number of hydrogen-bond acceptors (Lipinski definition) is 4. The molecule has 1 heterocycles. The number of sulfone groups is 1. The summed E-state index contributed by atoms with van der Waals surface area (Å²) in [7, 11) is -3.35. The van der Waals surface area contributed by atoms with E-state index in [1.54, 1.807) is 17.0 Å². The highest BCUT2D eigenvalue weighted by atomic mass is 79.9. The van der Waals surface area contributed by atoms with E-state index >= 15 is 0 Å². The topological polar surface area (TPSA) is 66.5 Å². The molecule has 2 rings (SSSR count). The third-order valence-corrected chi connectivity index (χ3v) is 5.07. The first-order valence-electron chi connectivity index (χ1n) is 5.89. The standard InChI is InChI=1S/C12H15BrN2O3S.ClH/c1-19(17,18)11-8-9(2-3-10(11)13)12(16)15-6-4-14-5-7-15;/h2-3,8,14H,4-7H2,1H3;1H. The number of rotatable bonds is 2. The molecule has 112 valence electrons. The van der Waals surface area contributed by atoms with Gasteiger partial charge in [0.25, 0.3) is 5.91 Å². The average molecular weight is 384 g/mol. The van der Waals surface area contributed by atoms with Gasteiger partial charge < -0.3 is 10.2 Å². The van der Waals surface area contributed by atoms with Crippen LogP contribution in [0.5, 0.6) is 0 Å². The Kier molecular flexibility index (Phi) is 6.00. The Hall–Kier alpha value is -0.630. The number of halogens is 2. The molecule has 5 nitrogen and oxygen atoms in total. The van der Waals surface area contributed by atoms with E-state index < -0.39 is 9.84 Å². The maximum Gasteiger partial charge on any atom is 0.253 e. The predicted octanol–water partition coefficient (Wildman–Crippen LogP) is 1.32. The maximum absolute atomic E-state index is 12.3. The molecule has 20 heavy (non-hydrogen) atoms. The lowest BCUT2D eigenvalue weighted by atomic mass is 10.2. The van der Waals surface area contributed by atoms with Crippen molar-refractivity contribution in [2.45, 2.75) is 4.90 Å². The van der Waals surface area contributed by atoms with Crippen molar-refractivity contribution in [3.05, 3.63) is 28.2 Å². The minimum atomic E-state index is -3.35. The van der Waals surface area contributed by atoms with Crippen LogP contribution in [-0.2, 0) is 9.84 Å². The van der Waals surface area contributed by atoms with Crippen LogP contribution < -0.4 is 5.32 Å². The molecule has 1 aromatic carbocycles. The summed E-state index contributed by atoms with van der Waals surface area (Å²) >= 11 is 3.20. The van der Waals surface area contributed by atoms with Crippen LogP contribution in [0.4, 0.5) is 0 Å². The fourth-order valence-corrected chi connectivity index (χ4v) is 3.86. The van der Waals surface area contributed by atoms with E-state index in [1.165, 1.54) is 6.07 Å². The fraction of sp³-hybridized carbons (Fsp3) is 0.417. The molecule has 0 aliphatic carbocycles. The van der Waals surface area contributed by atoms with Gasteiger partial charge in [0.2, 0.25) is 0 Å². The van der Waals surface area contributed by atoms with Crippen molar-refractivity contribution in [1.29, 1.82) is 0 Å². The Bertz CT molecular complexity index is 601. The molecule has 8 heteroatoms. The zero-order valence-corrected chi connectivity index (χ0v) is 14.1. The van der Waals surface area contributed by atoms with Crippen LogP contribution in [0.15, 0.2) is 27.6 Å². The van der Waals surface area contributed by atoms with Gasteiger partial charge in [0, 0.05) is 42.5 Å². The van der Waals surface area contributed by atoms with Gasteiger partial charge in [-0.1, -0.05) is 0 Å². The normalized spacial score (nSPS) is 15.6. The van der Waals surface area contributed by atoms with Crippen molar-refractivity contribution in [3.8, 4) is 0 Å². The molecule has 0 spiro atoms. The molecule has 1 fully saturated rings. The molecule has 1 N–H and O–H groups in total. The number of amides is 1. The number of carbonyl (C=O) groups excluding carboxylic acids is 1. The average Bonchev–Trinajstić information content (AvgIpc) is 2.38. The number of benzene rings is 1. The highest BCUT2D eigenvalue weighted by molar-refractivity contribution is 9.10. The molecule has 1 saturated heterocycles. The van der Waals surface area contributed by atoms with Gasteiger partial charge in [0.1, 0.15) is 0 Å². The molecule has 0 bridgehead atoms. The number of hydrogen-bond donors (Lipinski definition) is 1. The molecule has 1 aliphatic rings. The summed E-state index contributed by atoms with van der Waals surface area (Å²) < 4.78 is 23.8. The summed E-state index contributed by atoms with van der Waals surface area (Å²) in [6.07, 6.45) is 1.13. The van der Waals surface area contributed by atoms with Crippen LogP contribution in [0.2, 0.25) is 0 Å². The zero-order valence-electron chi connectivity index (χ0n) is 10.9. The van der Waals surface area contributed by atoms with Gasteiger partial charge in [0.05, 0.1) is 4.90 Å². The number of nitrogens with zero attached hydrogens (tertiary/aromatic N) is 1. The molecule has 0 unspecified atom stereocenters. The van der Waals surface area contributed by atoms with Crippen molar-refractivity contribution >= 4 is 44.1 Å². The molecule has 0 saturated carbocycles. The van der Waals surface area contributed by atoms with Gasteiger partial charge in [0.15, 0.2) is 9.84 Å². The first-order chi connectivity index (χ1) is 8.89. The van der Waals surface area contributed by atoms with Crippen LogP contribution in [0.3, 0.4) is 0 Å². The summed E-state index contributed by atoms with van der Waals surface area (Å²) in [6, 6.07) is 4.68. The van der Waals surface area contributed by atoms with Crippen molar-refractivity contribution in [2.24, 2.45) is 0 Å². The third-order valence-electron chi connectivity index (χ3n) is 2.98. The van der Waals surface area contributed by atoms with E-state index in [-0.39, 0.29) is 23.2 Å². The highest BCUT2D eigenvalue weighted by Crippen LogP contribution is 2.23. The molecule has 0 atom stereocenters. The number of carbonyl (C=O) groups is 1. The molecule has 0 aromatic heterocycles. The minimum Gasteiger partial charge on any atom is -0.336 e. The summed E-state index contributed by atoms with van der Waals surface area (Å²) in [5.41, 5.74) is 0.408. The molecule has 0 radical (unpaired) electrons. The van der Waals surface area contributed by atoms with Crippen LogP contribution in [-0.4, -0.2) is 51.7 Å². The van der Waals surface area contributed by atoms with Gasteiger partial charge in [-0.15, -0.1) is 12.4 Å². The van der Waals surface area contributed by atoms with Gasteiger partial charge in [-0.25, -0.2) is 8.42 Å². The maximum atomic E-state index is 12.3. The van der Waals surface area contributed by atoms with Crippen molar-refractivity contribution in [3.63, 3.8) is 0 Å². The Balaban J connectivity index is 0.00000200. The number of nitrogens with one attached hydrogen (secondary N) is 1. The SMILES string of the molecule is CS(=O)(=O)c1cc(C(=O)N2CCNCC2)ccc1Br.Cl. The van der Waals surface area contributed by atoms with Gasteiger partial charge in [-0.2, -0.15) is 0 Å². The largest absolute Gasteiger partial charge is 0.336 e. The van der Waals surface area contributed by atoms with E-state index in [2.05, 4.69) is 21.2 Å². The Labute approximate surface area is 133 Å². The molecule has 1 amide bonds. The first-order valence-corrected chi connectivity index (χ1v) is 8.57. The lowest BCUT2D eigenvalue weighted by Gasteiger charge is -2.27. The van der Waals surface area contributed by atoms with Crippen LogP contribution in [0.1, 0.15) is 10.4 Å². The molecule has 1 aromatic rings. The van der Waals surface area contributed by atoms with Gasteiger partial charge in [-0.3, -0.25) is 4.79 Å². The van der Waals surface area contributed by atoms with Crippen molar-refractivity contribution in [1.82, 2.24) is 10.2 Å². The summed E-state index contributed by atoms with van der Waals surface area (Å²) in [4.78, 5) is 14.2. The van der Waals surface area contributed by atoms with Crippen LogP contribution in [0, 0.1) is 0 Å². The third kappa shape index (κ3) is 3.94. The Morgan fingerprint density at radius 1 is 1.30 bits per heavy atom. The summed E-state index contributed by atoms with van der Waals surface area (Å²) in [5, 5.41) is 3.17. The first kappa shape index (κ1) is 17.4. The highest BCUT2D eigenvalue weighted by Gasteiger charge is 2.20. The summed E-state index contributed by atoms with van der Waals surface area (Å²) in [5.74, 6) is -0.126. The fourth-order valence-electron chi connectivity index (χ4n) is 1.97. The van der Waals surface area contributed by atoms with Gasteiger partial charge >= 0.3 is 0 Å². The smallest absolute Gasteiger partial charge is 0.253 e. The Morgan fingerprint density at radius 3 is 2.45 bits per heavy atom. The molecular weight excluding hydrogens is 368 g/mol. The lowest BCUT2D eigenvalue weighted by molar-refractivity contribution is 0.0735. The minimum absolute atomic E-state index is 0. The second-order valence-electron chi connectivity index (χ2n) is 4.46. The zero-order chi connectivity index (χ0) is 14.0. The van der Waals surface area contributed by atoms with Crippen molar-refractivity contribution in [2.75, 3.05) is 32.4 Å². The predicted molar refractivity (Wildman–Crippen MR) is 83.3 cm³/mol. The lowest BCUT2D eigenvalue weighted by Crippen LogP contribution is -2.46. The quantitative estimate of drug-likeness (QED) is 0.836. The van der Waals surface area contributed by atoms with E-state index in [1.807, 2.05) is 0 Å². The van der Waals surface area contributed by atoms with E-state index in [0.29, 0.717) is 23.1 Å². The second-order valence-corrected chi connectivity index (χ2v) is 7.30. The second kappa shape index (κ2) is 6.89. The van der Waals surface area contributed by atoms with E-state index in [9.17, 15) is 13.2 Å². The Morgan fingerprint density at radius 2 is 1.90 bits per heavy atom. The van der Waals surface area contributed by atoms with Crippen LogP contribution >= 0.6 is 28.3 Å². The van der Waals surface area contributed by atoms with E-state index in [0.717, 1.165) is 19.3 Å². The number of piperazine rings is 1. The van der Waals surface area contributed by atoms with Crippen LogP contribution in [0.25, 0.3) is 0 Å². The summed E-state index contributed by atoms with van der Waals surface area (Å²) in [6.45, 7) is 2.81. The molecule has 1 aliphatic heterocycles. The molecular formula is C12H16BrClN2O3S. The van der Waals surface area contributed by atoms with Gasteiger partial charge in [-0.05, 0) is 34.1 Å².